The maximum absolute atomic E-state index is 6.00. The molecular formula is C23H33N3O. The van der Waals surface area contributed by atoms with Crippen molar-refractivity contribution in [3.63, 3.8) is 0 Å². The van der Waals surface area contributed by atoms with Gasteiger partial charge in [-0.3, -0.25) is 9.88 Å². The molecule has 1 saturated heterocycles. The van der Waals surface area contributed by atoms with Gasteiger partial charge in [0.05, 0.1) is 0 Å². The summed E-state index contributed by atoms with van der Waals surface area (Å²) in [6, 6.07) is 10.8. The molecular weight excluding hydrogens is 334 g/mol. The van der Waals surface area contributed by atoms with E-state index in [1.165, 1.54) is 31.2 Å². The Kier molecular flexibility index (Phi) is 6.15. The van der Waals surface area contributed by atoms with Crippen LogP contribution in [-0.4, -0.2) is 33.6 Å². The number of benzene rings is 1. The first-order chi connectivity index (χ1) is 12.8. The molecule has 1 fully saturated rings. The number of piperidine rings is 1. The molecule has 0 spiro atoms. The highest BCUT2D eigenvalue weighted by atomic mass is 16.5. The molecule has 1 aliphatic rings. The Morgan fingerprint density at radius 2 is 1.70 bits per heavy atom. The van der Waals surface area contributed by atoms with Crippen molar-refractivity contribution in [2.45, 2.75) is 65.5 Å². The Morgan fingerprint density at radius 3 is 2.37 bits per heavy atom. The van der Waals surface area contributed by atoms with Crippen LogP contribution in [0, 0.1) is 5.41 Å². The van der Waals surface area contributed by atoms with Crippen LogP contribution < -0.4 is 4.74 Å². The first-order valence-electron chi connectivity index (χ1n) is 10.1. The molecule has 2 heterocycles. The molecule has 0 N–H and O–H groups in total. The zero-order valence-electron chi connectivity index (χ0n) is 17.2. The van der Waals surface area contributed by atoms with Gasteiger partial charge in [0.25, 0.3) is 0 Å². The normalized spacial score (nSPS) is 17.6. The van der Waals surface area contributed by atoms with Gasteiger partial charge in [0.15, 0.2) is 0 Å². The second-order valence-corrected chi connectivity index (χ2v) is 9.10. The van der Waals surface area contributed by atoms with Crippen molar-refractivity contribution in [1.82, 2.24) is 14.9 Å². The number of likely N-dealkylation sites (tertiary alicyclic amines) is 1. The number of rotatable bonds is 6. The maximum Gasteiger partial charge on any atom is 0.237 e. The smallest absolute Gasteiger partial charge is 0.237 e. The second kappa shape index (κ2) is 8.39. The van der Waals surface area contributed by atoms with Gasteiger partial charge in [-0.05, 0) is 70.5 Å². The Bertz CT molecular complexity index is 716. The lowest BCUT2D eigenvalue weighted by atomic mass is 9.76. The van der Waals surface area contributed by atoms with Crippen LogP contribution in [0.15, 0.2) is 42.7 Å². The van der Waals surface area contributed by atoms with Crippen LogP contribution in [0.4, 0.5) is 0 Å². The molecule has 1 aromatic heterocycles. The summed E-state index contributed by atoms with van der Waals surface area (Å²) in [7, 11) is 0. The quantitative estimate of drug-likeness (QED) is 0.729. The summed E-state index contributed by atoms with van der Waals surface area (Å²) in [6.07, 6.45) is 8.37. The van der Waals surface area contributed by atoms with Crippen molar-refractivity contribution < 1.29 is 4.74 Å². The average Bonchev–Trinajstić information content (AvgIpc) is 2.64. The molecule has 146 valence electrons. The molecule has 0 saturated carbocycles. The zero-order valence-corrected chi connectivity index (χ0v) is 17.2. The fourth-order valence-electron chi connectivity index (χ4n) is 3.64. The van der Waals surface area contributed by atoms with Crippen molar-refractivity contribution in [3.05, 3.63) is 54.0 Å². The number of nitrogens with zero attached hydrogens (tertiary/aromatic N) is 3. The molecule has 0 radical (unpaired) electrons. The SMILES string of the molecule is CC1(CCc2ccccc2)CCN(Cc2nccnc2OC(C)(C)C)CC1. The lowest BCUT2D eigenvalue weighted by molar-refractivity contribution is 0.0965. The van der Waals surface area contributed by atoms with Gasteiger partial charge in [-0.15, -0.1) is 0 Å². The van der Waals surface area contributed by atoms with Crippen LogP contribution in [0.25, 0.3) is 0 Å². The van der Waals surface area contributed by atoms with E-state index in [0.717, 1.165) is 25.3 Å². The molecule has 2 aromatic rings. The van der Waals surface area contributed by atoms with Gasteiger partial charge in [0.2, 0.25) is 5.88 Å². The number of ether oxygens (including phenoxy) is 1. The van der Waals surface area contributed by atoms with E-state index in [0.29, 0.717) is 11.3 Å². The summed E-state index contributed by atoms with van der Waals surface area (Å²) in [6.45, 7) is 11.6. The van der Waals surface area contributed by atoms with Crippen molar-refractivity contribution in [2.75, 3.05) is 13.1 Å². The van der Waals surface area contributed by atoms with E-state index in [-0.39, 0.29) is 5.60 Å². The molecule has 1 aromatic carbocycles. The summed E-state index contributed by atoms with van der Waals surface area (Å²) in [5.41, 5.74) is 2.56. The van der Waals surface area contributed by atoms with Gasteiger partial charge >= 0.3 is 0 Å². The fraction of sp³-hybridized carbons (Fsp3) is 0.565. The minimum absolute atomic E-state index is 0.261. The maximum atomic E-state index is 6.00. The highest BCUT2D eigenvalue weighted by Crippen LogP contribution is 2.36. The molecule has 4 heteroatoms. The molecule has 4 nitrogen and oxygen atoms in total. The Balaban J connectivity index is 1.54. The van der Waals surface area contributed by atoms with Crippen LogP contribution in [0.1, 0.15) is 58.2 Å². The van der Waals surface area contributed by atoms with Gasteiger partial charge in [0.1, 0.15) is 11.3 Å². The van der Waals surface area contributed by atoms with Crippen LogP contribution in [0.5, 0.6) is 5.88 Å². The highest BCUT2D eigenvalue weighted by molar-refractivity contribution is 5.18. The summed E-state index contributed by atoms with van der Waals surface area (Å²) in [5, 5.41) is 0. The average molecular weight is 368 g/mol. The molecule has 0 bridgehead atoms. The Labute approximate surface area is 164 Å². The van der Waals surface area contributed by atoms with E-state index in [1.807, 2.05) is 20.8 Å². The zero-order chi connectivity index (χ0) is 19.3. The van der Waals surface area contributed by atoms with Crippen molar-refractivity contribution >= 4 is 0 Å². The van der Waals surface area contributed by atoms with E-state index in [2.05, 4.69) is 52.1 Å². The number of aryl methyl sites for hydroxylation is 1. The van der Waals surface area contributed by atoms with Gasteiger partial charge in [0, 0.05) is 18.9 Å². The van der Waals surface area contributed by atoms with Crippen LogP contribution >= 0.6 is 0 Å². The molecule has 1 aliphatic heterocycles. The van der Waals surface area contributed by atoms with Crippen LogP contribution in [0.3, 0.4) is 0 Å². The topological polar surface area (TPSA) is 38.2 Å². The summed E-state index contributed by atoms with van der Waals surface area (Å²) in [4.78, 5) is 11.4. The van der Waals surface area contributed by atoms with Crippen molar-refractivity contribution in [2.24, 2.45) is 5.41 Å². The minimum Gasteiger partial charge on any atom is -0.471 e. The third-order valence-corrected chi connectivity index (χ3v) is 5.44. The van der Waals surface area contributed by atoms with E-state index >= 15 is 0 Å². The minimum atomic E-state index is -0.261. The Morgan fingerprint density at radius 1 is 1.04 bits per heavy atom. The van der Waals surface area contributed by atoms with E-state index in [4.69, 9.17) is 4.74 Å². The molecule has 3 rings (SSSR count). The van der Waals surface area contributed by atoms with Crippen molar-refractivity contribution in [3.8, 4) is 5.88 Å². The van der Waals surface area contributed by atoms with Gasteiger partial charge in [-0.2, -0.15) is 0 Å². The fourth-order valence-corrected chi connectivity index (χ4v) is 3.64. The lowest BCUT2D eigenvalue weighted by Gasteiger charge is -2.39. The standard InChI is InChI=1S/C23H33N3O/c1-22(2,3)27-21-20(24-14-15-25-21)18-26-16-12-23(4,13-17-26)11-10-19-8-6-5-7-9-19/h5-9,14-15H,10-13,16-18H2,1-4H3. The van der Waals surface area contributed by atoms with Gasteiger partial charge < -0.3 is 4.74 Å². The predicted octanol–water partition coefficient (Wildman–Crippen LogP) is 4.89. The molecule has 0 aliphatic carbocycles. The summed E-state index contributed by atoms with van der Waals surface area (Å²) >= 11 is 0. The predicted molar refractivity (Wildman–Crippen MR) is 110 cm³/mol. The second-order valence-electron chi connectivity index (χ2n) is 9.10. The van der Waals surface area contributed by atoms with Gasteiger partial charge in [-0.25, -0.2) is 4.98 Å². The molecule has 27 heavy (non-hydrogen) atoms. The largest absolute Gasteiger partial charge is 0.471 e. The highest BCUT2D eigenvalue weighted by Gasteiger charge is 2.30. The third kappa shape index (κ3) is 6.03. The van der Waals surface area contributed by atoms with Crippen LogP contribution in [-0.2, 0) is 13.0 Å². The number of hydrogen-bond acceptors (Lipinski definition) is 4. The van der Waals surface area contributed by atoms with E-state index in [9.17, 15) is 0 Å². The van der Waals surface area contributed by atoms with Gasteiger partial charge in [-0.1, -0.05) is 37.3 Å². The molecule has 0 unspecified atom stereocenters. The number of aromatic nitrogens is 2. The lowest BCUT2D eigenvalue weighted by Crippen LogP contribution is -2.39. The van der Waals surface area contributed by atoms with Crippen LogP contribution in [0.2, 0.25) is 0 Å². The van der Waals surface area contributed by atoms with E-state index in [1.54, 1.807) is 12.4 Å². The molecule has 0 atom stereocenters. The summed E-state index contributed by atoms with van der Waals surface area (Å²) in [5.74, 6) is 0.669. The number of hydrogen-bond donors (Lipinski definition) is 0. The monoisotopic (exact) mass is 367 g/mol. The summed E-state index contributed by atoms with van der Waals surface area (Å²) < 4.78 is 6.00. The first kappa shape index (κ1) is 19.8. The third-order valence-electron chi connectivity index (χ3n) is 5.44. The van der Waals surface area contributed by atoms with Crippen molar-refractivity contribution in [1.29, 1.82) is 0 Å². The molecule has 0 amide bonds. The first-order valence-corrected chi connectivity index (χ1v) is 10.1. The van der Waals surface area contributed by atoms with E-state index < -0.39 is 0 Å². The Hall–Kier alpha value is -1.94.